The summed E-state index contributed by atoms with van der Waals surface area (Å²) in [6.45, 7) is 7.85. The van der Waals surface area contributed by atoms with Crippen LogP contribution in [0.5, 0.6) is 0 Å². The summed E-state index contributed by atoms with van der Waals surface area (Å²) in [7, 11) is 0. The molecule has 0 spiro atoms. The fourth-order valence-electron chi connectivity index (χ4n) is 2.32. The minimum atomic E-state index is 0.524. The molecule has 1 aliphatic heterocycles. The van der Waals surface area contributed by atoms with Crippen LogP contribution in [0.1, 0.15) is 52.7 Å². The van der Waals surface area contributed by atoms with Crippen LogP contribution in [-0.4, -0.2) is 24.3 Å². The van der Waals surface area contributed by atoms with Crippen molar-refractivity contribution in [1.82, 2.24) is 4.90 Å². The van der Waals surface area contributed by atoms with E-state index in [9.17, 15) is 4.79 Å². The van der Waals surface area contributed by atoms with Crippen LogP contribution in [0.4, 0.5) is 0 Å². The summed E-state index contributed by atoms with van der Waals surface area (Å²) in [6.07, 6.45) is 3.62. The van der Waals surface area contributed by atoms with E-state index in [4.69, 9.17) is 0 Å². The van der Waals surface area contributed by atoms with Crippen molar-refractivity contribution in [2.45, 2.75) is 39.2 Å². The average molecular weight is 237 g/mol. The van der Waals surface area contributed by atoms with Gasteiger partial charge in [-0.05, 0) is 43.5 Å². The summed E-state index contributed by atoms with van der Waals surface area (Å²) in [5.74, 6) is 0.524. The van der Waals surface area contributed by atoms with Gasteiger partial charge in [0.05, 0.1) is 4.88 Å². The van der Waals surface area contributed by atoms with Gasteiger partial charge in [0.1, 0.15) is 0 Å². The summed E-state index contributed by atoms with van der Waals surface area (Å²) in [5.41, 5.74) is 1.36. The van der Waals surface area contributed by atoms with Gasteiger partial charge in [-0.15, -0.1) is 11.3 Å². The van der Waals surface area contributed by atoms with Crippen LogP contribution in [0.15, 0.2) is 6.07 Å². The molecule has 16 heavy (non-hydrogen) atoms. The number of nitrogens with zero attached hydrogens (tertiary/aromatic N) is 1. The molecular weight excluding hydrogens is 218 g/mol. The van der Waals surface area contributed by atoms with E-state index in [1.165, 1.54) is 36.4 Å². The first kappa shape index (κ1) is 11.8. The maximum Gasteiger partial charge on any atom is 0.160 e. The second kappa shape index (κ2) is 5.11. The molecule has 1 saturated heterocycles. The van der Waals surface area contributed by atoms with Crippen LogP contribution in [0.2, 0.25) is 0 Å². The third-order valence-electron chi connectivity index (χ3n) is 3.09. The van der Waals surface area contributed by atoms with Crippen LogP contribution in [0.3, 0.4) is 0 Å². The number of aldehydes is 1. The molecule has 0 radical (unpaired) electrons. The highest BCUT2D eigenvalue weighted by atomic mass is 32.1. The van der Waals surface area contributed by atoms with Gasteiger partial charge >= 0.3 is 0 Å². The van der Waals surface area contributed by atoms with Gasteiger partial charge in [0.2, 0.25) is 0 Å². The number of hydrogen-bond donors (Lipinski definition) is 0. The fourth-order valence-corrected chi connectivity index (χ4v) is 3.31. The molecule has 0 saturated carbocycles. The molecule has 0 amide bonds. The van der Waals surface area contributed by atoms with E-state index in [1.807, 2.05) is 0 Å². The zero-order valence-electron chi connectivity index (χ0n) is 10.0. The third-order valence-corrected chi connectivity index (χ3v) is 4.50. The van der Waals surface area contributed by atoms with Crippen LogP contribution >= 0.6 is 11.3 Å². The third kappa shape index (κ3) is 2.53. The molecule has 88 valence electrons. The zero-order valence-corrected chi connectivity index (χ0v) is 10.8. The molecule has 0 aromatic carbocycles. The van der Waals surface area contributed by atoms with Gasteiger partial charge < -0.3 is 0 Å². The average Bonchev–Trinajstić information content (AvgIpc) is 2.87. The molecule has 1 aromatic rings. The van der Waals surface area contributed by atoms with Gasteiger partial charge in [0.15, 0.2) is 6.29 Å². The second-order valence-corrected chi connectivity index (χ2v) is 5.91. The van der Waals surface area contributed by atoms with Gasteiger partial charge in [0, 0.05) is 11.4 Å². The van der Waals surface area contributed by atoms with E-state index in [0.717, 1.165) is 17.7 Å². The van der Waals surface area contributed by atoms with Crippen molar-refractivity contribution in [3.63, 3.8) is 0 Å². The maximum absolute atomic E-state index is 10.8. The molecule has 3 heteroatoms. The van der Waals surface area contributed by atoms with Crippen molar-refractivity contribution in [3.8, 4) is 0 Å². The Kier molecular flexibility index (Phi) is 3.77. The van der Waals surface area contributed by atoms with Crippen LogP contribution < -0.4 is 0 Å². The standard InChI is InChI=1S/C13H19NOS/c1-10(2)13-11(7-12(9-15)16-13)8-14-5-3-4-6-14/h7,9-10H,3-6,8H2,1-2H3. The van der Waals surface area contributed by atoms with Crippen molar-refractivity contribution in [3.05, 3.63) is 21.4 Å². The quantitative estimate of drug-likeness (QED) is 0.749. The van der Waals surface area contributed by atoms with Crippen molar-refractivity contribution < 1.29 is 4.79 Å². The van der Waals surface area contributed by atoms with Crippen LogP contribution in [0.25, 0.3) is 0 Å². The van der Waals surface area contributed by atoms with Gasteiger partial charge in [-0.3, -0.25) is 9.69 Å². The largest absolute Gasteiger partial charge is 0.299 e. The van der Waals surface area contributed by atoms with Crippen molar-refractivity contribution in [1.29, 1.82) is 0 Å². The van der Waals surface area contributed by atoms with Gasteiger partial charge in [-0.2, -0.15) is 0 Å². The Balaban J connectivity index is 2.16. The molecule has 0 atom stereocenters. The Morgan fingerprint density at radius 3 is 2.69 bits per heavy atom. The molecule has 1 aromatic heterocycles. The van der Waals surface area contributed by atoms with E-state index < -0.39 is 0 Å². The molecule has 0 bridgehead atoms. The Morgan fingerprint density at radius 2 is 2.12 bits per heavy atom. The topological polar surface area (TPSA) is 20.3 Å². The van der Waals surface area contributed by atoms with Crippen molar-refractivity contribution in [2.75, 3.05) is 13.1 Å². The normalized spacial score (nSPS) is 17.2. The Bertz CT molecular complexity index is 364. The Hall–Kier alpha value is -0.670. The van der Waals surface area contributed by atoms with Gasteiger partial charge in [-0.25, -0.2) is 0 Å². The molecule has 1 fully saturated rings. The number of carbonyl (C=O) groups excluding carboxylic acids is 1. The predicted molar refractivity (Wildman–Crippen MR) is 68.3 cm³/mol. The van der Waals surface area contributed by atoms with E-state index in [2.05, 4.69) is 24.8 Å². The fraction of sp³-hybridized carbons (Fsp3) is 0.615. The monoisotopic (exact) mass is 237 g/mol. The van der Waals surface area contributed by atoms with Crippen molar-refractivity contribution >= 4 is 17.6 Å². The smallest absolute Gasteiger partial charge is 0.160 e. The highest BCUT2D eigenvalue weighted by molar-refractivity contribution is 7.13. The van der Waals surface area contributed by atoms with E-state index in [0.29, 0.717) is 5.92 Å². The SMILES string of the molecule is CC(C)c1sc(C=O)cc1CN1CCCC1. The minimum absolute atomic E-state index is 0.524. The number of carbonyl (C=O) groups is 1. The predicted octanol–water partition coefficient (Wildman–Crippen LogP) is 3.28. The molecular formula is C13H19NOS. The molecule has 2 rings (SSSR count). The minimum Gasteiger partial charge on any atom is -0.299 e. The van der Waals surface area contributed by atoms with Gasteiger partial charge in [0.25, 0.3) is 0 Å². The summed E-state index contributed by atoms with van der Waals surface area (Å²) >= 11 is 1.66. The van der Waals surface area contributed by atoms with Crippen LogP contribution in [-0.2, 0) is 6.54 Å². The summed E-state index contributed by atoms with van der Waals surface area (Å²) in [6, 6.07) is 2.07. The molecule has 0 N–H and O–H groups in total. The molecule has 2 nitrogen and oxygen atoms in total. The summed E-state index contributed by atoms with van der Waals surface area (Å²) < 4.78 is 0. The lowest BCUT2D eigenvalue weighted by molar-refractivity contribution is 0.112. The first-order valence-electron chi connectivity index (χ1n) is 6.01. The second-order valence-electron chi connectivity index (χ2n) is 4.79. The summed E-state index contributed by atoms with van der Waals surface area (Å²) in [4.78, 5) is 15.6. The number of thiophene rings is 1. The zero-order chi connectivity index (χ0) is 11.5. The van der Waals surface area contributed by atoms with Gasteiger partial charge in [-0.1, -0.05) is 13.8 Å². The Labute approximate surface area is 101 Å². The lowest BCUT2D eigenvalue weighted by Gasteiger charge is -2.15. The lowest BCUT2D eigenvalue weighted by Crippen LogP contribution is -2.18. The molecule has 0 unspecified atom stereocenters. The van der Waals surface area contributed by atoms with E-state index >= 15 is 0 Å². The lowest BCUT2D eigenvalue weighted by atomic mass is 10.1. The first-order chi connectivity index (χ1) is 7.70. The highest BCUT2D eigenvalue weighted by Gasteiger charge is 2.17. The molecule has 1 aliphatic rings. The van der Waals surface area contributed by atoms with Crippen molar-refractivity contribution in [2.24, 2.45) is 0 Å². The highest BCUT2D eigenvalue weighted by Crippen LogP contribution is 2.30. The number of hydrogen-bond acceptors (Lipinski definition) is 3. The molecule has 0 aliphatic carbocycles. The number of likely N-dealkylation sites (tertiary alicyclic amines) is 1. The Morgan fingerprint density at radius 1 is 1.44 bits per heavy atom. The first-order valence-corrected chi connectivity index (χ1v) is 6.82. The number of rotatable bonds is 4. The summed E-state index contributed by atoms with van der Waals surface area (Å²) in [5, 5.41) is 0. The maximum atomic E-state index is 10.8. The van der Waals surface area contributed by atoms with E-state index in [1.54, 1.807) is 11.3 Å². The van der Waals surface area contributed by atoms with Crippen LogP contribution in [0, 0.1) is 0 Å². The molecule has 2 heterocycles. The van der Waals surface area contributed by atoms with E-state index in [-0.39, 0.29) is 0 Å².